The molecule has 0 saturated carbocycles. The van der Waals surface area contributed by atoms with Gasteiger partial charge >= 0.3 is 0 Å². The molecule has 25 heavy (non-hydrogen) atoms. The Bertz CT molecular complexity index is 325. The molecule has 0 heterocycles. The van der Waals surface area contributed by atoms with Gasteiger partial charge in [-0.2, -0.15) is 0 Å². The van der Waals surface area contributed by atoms with Gasteiger partial charge < -0.3 is 38.3 Å². The summed E-state index contributed by atoms with van der Waals surface area (Å²) in [5.41, 5.74) is 22.3. The van der Waals surface area contributed by atoms with Gasteiger partial charge in [0.05, 0.1) is 25.3 Å². The smallest absolute Gasteiger partial charge is 0.236 e. The van der Waals surface area contributed by atoms with Crippen molar-refractivity contribution < 1.29 is 14.3 Å². The molecule has 0 aliphatic rings. The minimum absolute atomic E-state index is 0.183. The van der Waals surface area contributed by atoms with Crippen LogP contribution >= 0.6 is 0 Å². The number of carbonyl (C=O) groups is 2. The summed E-state index contributed by atoms with van der Waals surface area (Å²) in [7, 11) is 0. The summed E-state index contributed by atoms with van der Waals surface area (Å²) in [5, 5.41) is 5.44. The molecule has 0 aliphatic carbocycles. The van der Waals surface area contributed by atoms with Crippen molar-refractivity contribution in [2.75, 3.05) is 39.4 Å². The van der Waals surface area contributed by atoms with Crippen LogP contribution in [-0.4, -0.2) is 63.3 Å². The van der Waals surface area contributed by atoms with Crippen molar-refractivity contribution in [1.82, 2.24) is 10.6 Å². The van der Waals surface area contributed by atoms with Crippen LogP contribution in [0.4, 0.5) is 0 Å². The largest absolute Gasteiger partial charge is 0.378 e. The Balaban J connectivity index is 3.54. The fourth-order valence-electron chi connectivity index (χ4n) is 2.14. The minimum atomic E-state index is -0.508. The fourth-order valence-corrected chi connectivity index (χ4v) is 2.14. The molecular formula is C16H36N6O3. The summed E-state index contributed by atoms with van der Waals surface area (Å²) in [4.78, 5) is 23.4. The van der Waals surface area contributed by atoms with Crippen LogP contribution < -0.4 is 33.6 Å². The van der Waals surface area contributed by atoms with E-state index in [4.69, 9.17) is 27.7 Å². The van der Waals surface area contributed by atoms with E-state index in [-0.39, 0.29) is 11.8 Å². The van der Waals surface area contributed by atoms with Crippen LogP contribution in [0.2, 0.25) is 0 Å². The summed E-state index contributed by atoms with van der Waals surface area (Å²) in [6, 6.07) is -1.02. The summed E-state index contributed by atoms with van der Waals surface area (Å²) in [5.74, 6) is -0.366. The van der Waals surface area contributed by atoms with Gasteiger partial charge in [-0.25, -0.2) is 0 Å². The second-order valence-corrected chi connectivity index (χ2v) is 5.98. The standard InChI is InChI=1S/C16H36N6O3/c17-7-3-1-5-13(19)15(23)21-9-11-25-12-10-22-16(24)14(20)6-2-4-8-18/h13-14H,1-12,17-20H2,(H,21,23)(H,22,24). The number of hydrogen-bond donors (Lipinski definition) is 6. The average molecular weight is 361 g/mol. The molecule has 10 N–H and O–H groups in total. The van der Waals surface area contributed by atoms with Crippen LogP contribution in [0, 0.1) is 0 Å². The number of amides is 2. The molecule has 2 atom stereocenters. The highest BCUT2D eigenvalue weighted by molar-refractivity contribution is 5.81. The van der Waals surface area contributed by atoms with Gasteiger partial charge in [0.2, 0.25) is 11.8 Å². The molecule has 2 unspecified atom stereocenters. The number of hydrogen-bond acceptors (Lipinski definition) is 7. The Morgan fingerprint density at radius 3 is 1.52 bits per heavy atom. The van der Waals surface area contributed by atoms with Crippen molar-refractivity contribution >= 4 is 11.8 Å². The highest BCUT2D eigenvalue weighted by Gasteiger charge is 2.13. The third kappa shape index (κ3) is 13.7. The van der Waals surface area contributed by atoms with E-state index in [2.05, 4.69) is 10.6 Å². The van der Waals surface area contributed by atoms with Gasteiger partial charge in [0.25, 0.3) is 0 Å². The zero-order chi connectivity index (χ0) is 18.9. The van der Waals surface area contributed by atoms with Gasteiger partial charge in [-0.15, -0.1) is 0 Å². The molecule has 0 rings (SSSR count). The topological polar surface area (TPSA) is 172 Å². The van der Waals surface area contributed by atoms with Crippen LogP contribution in [0.1, 0.15) is 38.5 Å². The second kappa shape index (κ2) is 16.2. The monoisotopic (exact) mass is 360 g/mol. The molecule has 0 fully saturated rings. The Hall–Kier alpha value is -1.26. The second-order valence-electron chi connectivity index (χ2n) is 5.98. The van der Waals surface area contributed by atoms with Crippen molar-refractivity contribution in [3.05, 3.63) is 0 Å². The van der Waals surface area contributed by atoms with Crippen LogP contribution in [0.15, 0.2) is 0 Å². The van der Waals surface area contributed by atoms with Gasteiger partial charge in [-0.3, -0.25) is 9.59 Å². The Labute approximate surface area is 150 Å². The van der Waals surface area contributed by atoms with Crippen LogP contribution in [0.5, 0.6) is 0 Å². The maximum atomic E-state index is 11.7. The third-order valence-electron chi connectivity index (χ3n) is 3.70. The first-order chi connectivity index (χ1) is 12.0. The molecule has 0 bridgehead atoms. The normalized spacial score (nSPS) is 13.3. The third-order valence-corrected chi connectivity index (χ3v) is 3.70. The number of ether oxygens (including phenoxy) is 1. The minimum Gasteiger partial charge on any atom is -0.378 e. The lowest BCUT2D eigenvalue weighted by atomic mass is 10.1. The highest BCUT2D eigenvalue weighted by atomic mass is 16.5. The van der Waals surface area contributed by atoms with E-state index < -0.39 is 12.1 Å². The van der Waals surface area contributed by atoms with Crippen LogP contribution in [0.3, 0.4) is 0 Å². The molecule has 0 aromatic carbocycles. The molecule has 0 spiro atoms. The number of carbonyl (C=O) groups excluding carboxylic acids is 2. The Morgan fingerprint density at radius 1 is 0.760 bits per heavy atom. The lowest BCUT2D eigenvalue weighted by Gasteiger charge is -2.13. The summed E-state index contributed by atoms with van der Waals surface area (Å²) in [6.45, 7) is 2.71. The molecule has 9 heteroatoms. The zero-order valence-electron chi connectivity index (χ0n) is 15.2. The molecule has 0 aromatic heterocycles. The molecule has 0 aliphatic heterocycles. The van der Waals surface area contributed by atoms with Gasteiger partial charge in [-0.1, -0.05) is 12.8 Å². The van der Waals surface area contributed by atoms with E-state index in [1.54, 1.807) is 0 Å². The van der Waals surface area contributed by atoms with Crippen LogP contribution in [-0.2, 0) is 14.3 Å². The summed E-state index contributed by atoms with van der Waals surface area (Å²) < 4.78 is 5.35. The number of nitrogens with two attached hydrogens (primary N) is 4. The summed E-state index contributed by atoms with van der Waals surface area (Å²) in [6.07, 6.45) is 4.67. The van der Waals surface area contributed by atoms with Gasteiger partial charge in [0.1, 0.15) is 0 Å². The van der Waals surface area contributed by atoms with E-state index in [1.807, 2.05) is 0 Å². The van der Waals surface area contributed by atoms with Crippen LogP contribution in [0.25, 0.3) is 0 Å². The number of rotatable bonds is 16. The molecular weight excluding hydrogens is 324 g/mol. The van der Waals surface area contributed by atoms with Crippen molar-refractivity contribution in [3.63, 3.8) is 0 Å². The molecule has 0 saturated heterocycles. The molecule has 9 nitrogen and oxygen atoms in total. The number of unbranched alkanes of at least 4 members (excludes halogenated alkanes) is 2. The lowest BCUT2D eigenvalue weighted by Crippen LogP contribution is -2.42. The van der Waals surface area contributed by atoms with Crippen molar-refractivity contribution in [2.24, 2.45) is 22.9 Å². The van der Waals surface area contributed by atoms with Crippen molar-refractivity contribution in [1.29, 1.82) is 0 Å². The maximum Gasteiger partial charge on any atom is 0.236 e. The first kappa shape index (κ1) is 23.7. The van der Waals surface area contributed by atoms with E-state index in [9.17, 15) is 9.59 Å². The SMILES string of the molecule is NCCCCC(N)C(=O)NCCOCCNC(=O)C(N)CCCCN. The van der Waals surface area contributed by atoms with Gasteiger partial charge in [-0.05, 0) is 38.8 Å². The van der Waals surface area contributed by atoms with E-state index in [1.165, 1.54) is 0 Å². The Kier molecular flexibility index (Phi) is 15.4. The molecule has 2 amide bonds. The number of nitrogens with one attached hydrogen (secondary N) is 2. The first-order valence-electron chi connectivity index (χ1n) is 9.07. The highest BCUT2D eigenvalue weighted by Crippen LogP contribution is 1.98. The summed E-state index contributed by atoms with van der Waals surface area (Å²) >= 11 is 0. The quantitative estimate of drug-likeness (QED) is 0.175. The lowest BCUT2D eigenvalue weighted by molar-refractivity contribution is -0.123. The predicted octanol–water partition coefficient (Wildman–Crippen LogP) is -1.85. The Morgan fingerprint density at radius 2 is 1.16 bits per heavy atom. The van der Waals surface area contributed by atoms with E-state index >= 15 is 0 Å². The average Bonchev–Trinajstić information content (AvgIpc) is 2.60. The zero-order valence-corrected chi connectivity index (χ0v) is 15.2. The fraction of sp³-hybridized carbons (Fsp3) is 0.875. The first-order valence-corrected chi connectivity index (χ1v) is 9.07. The van der Waals surface area contributed by atoms with Crippen molar-refractivity contribution in [3.8, 4) is 0 Å². The maximum absolute atomic E-state index is 11.7. The van der Waals surface area contributed by atoms with Crippen molar-refractivity contribution in [2.45, 2.75) is 50.6 Å². The molecule has 0 aromatic rings. The van der Waals surface area contributed by atoms with E-state index in [0.29, 0.717) is 52.2 Å². The van der Waals surface area contributed by atoms with Gasteiger partial charge in [0.15, 0.2) is 0 Å². The molecule has 0 radical (unpaired) electrons. The van der Waals surface area contributed by atoms with Gasteiger partial charge in [0, 0.05) is 13.1 Å². The predicted molar refractivity (Wildman–Crippen MR) is 98.6 cm³/mol. The molecule has 148 valence electrons. The van der Waals surface area contributed by atoms with E-state index in [0.717, 1.165) is 25.7 Å².